The Balaban J connectivity index is 1.72. The van der Waals surface area contributed by atoms with Gasteiger partial charge in [-0.05, 0) is 44.0 Å². The first-order valence-electron chi connectivity index (χ1n) is 11.0. The largest absolute Gasteiger partial charge is 0.354 e. The van der Waals surface area contributed by atoms with Gasteiger partial charge in [0.15, 0.2) is 0 Å². The molecule has 0 radical (unpaired) electrons. The lowest BCUT2D eigenvalue weighted by atomic mass is 10.2. The summed E-state index contributed by atoms with van der Waals surface area (Å²) in [5, 5.41) is 2.97. The van der Waals surface area contributed by atoms with Crippen molar-refractivity contribution in [3.8, 4) is 0 Å². The van der Waals surface area contributed by atoms with Gasteiger partial charge in [-0.2, -0.15) is 0 Å². The van der Waals surface area contributed by atoms with Crippen molar-refractivity contribution >= 4 is 17.6 Å². The van der Waals surface area contributed by atoms with E-state index >= 15 is 0 Å². The molecule has 1 aliphatic rings. The van der Waals surface area contributed by atoms with Crippen LogP contribution in [-0.4, -0.2) is 72.9 Å². The molecule has 1 aromatic heterocycles. The molecule has 0 aliphatic carbocycles. The van der Waals surface area contributed by atoms with Crippen LogP contribution in [0.25, 0.3) is 0 Å². The predicted octanol–water partition coefficient (Wildman–Crippen LogP) is 2.27. The Kier molecular flexibility index (Phi) is 9.91. The molecule has 1 aromatic rings. The number of amides is 2. The number of anilines is 1. The third-order valence-electron chi connectivity index (χ3n) is 5.26. The number of hydrogen-bond acceptors (Lipinski definition) is 5. The summed E-state index contributed by atoms with van der Waals surface area (Å²) in [4.78, 5) is 35.4. The second-order valence-corrected chi connectivity index (χ2v) is 7.82. The Morgan fingerprint density at radius 1 is 1.10 bits per heavy atom. The number of pyridine rings is 1. The Labute approximate surface area is 175 Å². The van der Waals surface area contributed by atoms with Crippen molar-refractivity contribution in [1.29, 1.82) is 0 Å². The van der Waals surface area contributed by atoms with Crippen molar-refractivity contribution < 1.29 is 9.59 Å². The van der Waals surface area contributed by atoms with Gasteiger partial charge in [0.05, 0.1) is 0 Å². The summed E-state index contributed by atoms with van der Waals surface area (Å²) in [5.74, 6) is 1.13. The molecule has 1 N–H and O–H groups in total. The van der Waals surface area contributed by atoms with Crippen LogP contribution in [0.3, 0.4) is 0 Å². The fourth-order valence-corrected chi connectivity index (χ4v) is 3.53. The topological polar surface area (TPSA) is 68.8 Å². The highest BCUT2D eigenvalue weighted by Gasteiger charge is 2.16. The Morgan fingerprint density at radius 2 is 1.79 bits per heavy atom. The number of carbonyl (C=O) groups is 2. The van der Waals surface area contributed by atoms with E-state index in [-0.39, 0.29) is 11.8 Å². The van der Waals surface area contributed by atoms with E-state index in [1.54, 1.807) is 0 Å². The van der Waals surface area contributed by atoms with E-state index < -0.39 is 0 Å². The van der Waals surface area contributed by atoms with E-state index in [2.05, 4.69) is 47.1 Å². The van der Waals surface area contributed by atoms with Crippen LogP contribution >= 0.6 is 0 Å². The van der Waals surface area contributed by atoms with Gasteiger partial charge >= 0.3 is 0 Å². The lowest BCUT2D eigenvalue weighted by molar-refractivity contribution is -0.131. The average Bonchev–Trinajstić information content (AvgIpc) is 2.73. The lowest BCUT2D eigenvalue weighted by Crippen LogP contribution is -2.44. The van der Waals surface area contributed by atoms with Gasteiger partial charge in [-0.1, -0.05) is 13.8 Å². The maximum absolute atomic E-state index is 12.3. The number of nitrogens with zero attached hydrogens (tertiary/aromatic N) is 4. The van der Waals surface area contributed by atoms with Crippen LogP contribution < -0.4 is 10.2 Å². The van der Waals surface area contributed by atoms with Crippen LogP contribution in [0.15, 0.2) is 18.3 Å². The summed E-state index contributed by atoms with van der Waals surface area (Å²) < 4.78 is 0. The highest BCUT2D eigenvalue weighted by Crippen LogP contribution is 2.15. The summed E-state index contributed by atoms with van der Waals surface area (Å²) in [5.41, 5.74) is 1.05. The van der Waals surface area contributed by atoms with E-state index in [9.17, 15) is 9.59 Å². The normalized spacial score (nSPS) is 14.7. The van der Waals surface area contributed by atoms with E-state index in [4.69, 9.17) is 0 Å². The lowest BCUT2D eigenvalue weighted by Gasteiger charge is -2.33. The molecular weight excluding hydrogens is 366 g/mol. The van der Waals surface area contributed by atoms with Gasteiger partial charge in [-0.15, -0.1) is 0 Å². The van der Waals surface area contributed by atoms with Crippen LogP contribution in [0, 0.1) is 0 Å². The minimum Gasteiger partial charge on any atom is -0.354 e. The summed E-state index contributed by atoms with van der Waals surface area (Å²) in [7, 11) is 2.13. The number of nitrogens with one attached hydrogen (secondary N) is 1. The summed E-state index contributed by atoms with van der Waals surface area (Å²) >= 11 is 0. The van der Waals surface area contributed by atoms with Gasteiger partial charge in [0, 0.05) is 64.9 Å². The number of likely N-dealkylation sites (N-methyl/N-ethyl adjacent to an activating group) is 1. The monoisotopic (exact) mass is 403 g/mol. The number of carbonyl (C=O) groups excluding carboxylic acids is 2. The SMILES string of the molecule is CCCN(CCC)C(=O)CCCC(=O)NCc1ccnc(N2CCN(C)CC2)c1. The Morgan fingerprint density at radius 3 is 2.45 bits per heavy atom. The van der Waals surface area contributed by atoms with Gasteiger partial charge in [-0.25, -0.2) is 4.98 Å². The number of rotatable bonds is 11. The maximum atomic E-state index is 12.3. The molecule has 2 heterocycles. The van der Waals surface area contributed by atoms with Crippen molar-refractivity contribution in [2.75, 3.05) is 51.2 Å². The number of hydrogen-bond donors (Lipinski definition) is 1. The van der Waals surface area contributed by atoms with Crippen molar-refractivity contribution in [2.24, 2.45) is 0 Å². The molecule has 0 unspecified atom stereocenters. The molecule has 7 nitrogen and oxygen atoms in total. The minimum atomic E-state index is -0.00621. The van der Waals surface area contributed by atoms with E-state index in [0.717, 1.165) is 63.5 Å². The van der Waals surface area contributed by atoms with Crippen molar-refractivity contribution in [1.82, 2.24) is 20.1 Å². The molecule has 2 rings (SSSR count). The quantitative estimate of drug-likeness (QED) is 0.614. The molecular formula is C22H37N5O2. The molecule has 162 valence electrons. The zero-order chi connectivity index (χ0) is 21.1. The third-order valence-corrected chi connectivity index (χ3v) is 5.26. The predicted molar refractivity (Wildman–Crippen MR) is 117 cm³/mol. The van der Waals surface area contributed by atoms with Crippen molar-refractivity contribution in [3.05, 3.63) is 23.9 Å². The molecule has 1 fully saturated rings. The van der Waals surface area contributed by atoms with E-state index in [0.29, 0.717) is 25.8 Å². The molecule has 0 bridgehead atoms. The average molecular weight is 404 g/mol. The summed E-state index contributed by atoms with van der Waals surface area (Å²) in [6, 6.07) is 4.00. The molecule has 7 heteroatoms. The van der Waals surface area contributed by atoms with Gasteiger partial charge in [0.25, 0.3) is 0 Å². The second kappa shape index (κ2) is 12.4. The first-order chi connectivity index (χ1) is 14.0. The van der Waals surface area contributed by atoms with Crippen molar-refractivity contribution in [3.63, 3.8) is 0 Å². The van der Waals surface area contributed by atoms with Crippen LogP contribution in [0.2, 0.25) is 0 Å². The van der Waals surface area contributed by atoms with Gasteiger partial charge < -0.3 is 20.0 Å². The summed E-state index contributed by atoms with van der Waals surface area (Å²) in [6.07, 6.45) is 5.16. The van der Waals surface area contributed by atoms with Crippen LogP contribution in [-0.2, 0) is 16.1 Å². The highest BCUT2D eigenvalue weighted by atomic mass is 16.2. The van der Waals surface area contributed by atoms with E-state index in [1.807, 2.05) is 17.2 Å². The first kappa shape index (κ1) is 23.1. The third kappa shape index (κ3) is 8.01. The minimum absolute atomic E-state index is 0.00621. The first-order valence-corrected chi connectivity index (χ1v) is 11.0. The fraction of sp³-hybridized carbons (Fsp3) is 0.682. The maximum Gasteiger partial charge on any atom is 0.222 e. The number of aromatic nitrogens is 1. The molecule has 29 heavy (non-hydrogen) atoms. The molecule has 2 amide bonds. The Bertz CT molecular complexity index is 638. The van der Waals surface area contributed by atoms with Crippen LogP contribution in [0.4, 0.5) is 5.82 Å². The zero-order valence-electron chi connectivity index (χ0n) is 18.3. The second-order valence-electron chi connectivity index (χ2n) is 7.82. The van der Waals surface area contributed by atoms with Crippen LogP contribution in [0.1, 0.15) is 51.5 Å². The Hall–Kier alpha value is -2.15. The molecule has 1 saturated heterocycles. The molecule has 1 aliphatic heterocycles. The van der Waals surface area contributed by atoms with E-state index in [1.165, 1.54) is 0 Å². The summed E-state index contributed by atoms with van der Waals surface area (Å²) in [6.45, 7) is 10.3. The molecule has 0 aromatic carbocycles. The number of piperazine rings is 1. The van der Waals surface area contributed by atoms with Gasteiger partial charge in [0.2, 0.25) is 11.8 Å². The molecule has 0 atom stereocenters. The van der Waals surface area contributed by atoms with Crippen LogP contribution in [0.5, 0.6) is 0 Å². The van der Waals surface area contributed by atoms with Crippen molar-refractivity contribution in [2.45, 2.75) is 52.5 Å². The molecule has 0 spiro atoms. The van der Waals surface area contributed by atoms with Gasteiger partial charge in [0.1, 0.15) is 5.82 Å². The highest BCUT2D eigenvalue weighted by molar-refractivity contribution is 5.79. The zero-order valence-corrected chi connectivity index (χ0v) is 18.3. The molecule has 0 saturated carbocycles. The smallest absolute Gasteiger partial charge is 0.222 e. The van der Waals surface area contributed by atoms with Gasteiger partial charge in [-0.3, -0.25) is 9.59 Å². The fourth-order valence-electron chi connectivity index (χ4n) is 3.53. The standard InChI is InChI=1S/C22H37N5O2/c1-4-11-27(12-5-2)22(29)8-6-7-21(28)24-18-19-9-10-23-20(17-19)26-15-13-25(3)14-16-26/h9-10,17H,4-8,11-16,18H2,1-3H3,(H,24,28).